The van der Waals surface area contributed by atoms with Crippen molar-refractivity contribution in [1.29, 1.82) is 0 Å². The van der Waals surface area contributed by atoms with Crippen molar-refractivity contribution in [3.63, 3.8) is 0 Å². The van der Waals surface area contributed by atoms with Crippen molar-refractivity contribution in [3.05, 3.63) is 36.4 Å². The molecule has 8 heteroatoms. The Morgan fingerprint density at radius 1 is 0.821 bits per heavy atom. The van der Waals surface area contributed by atoms with E-state index in [4.69, 9.17) is 18.9 Å². The van der Waals surface area contributed by atoms with Gasteiger partial charge in [0, 0.05) is 17.8 Å². The number of ether oxygens (including phenoxy) is 4. The molecule has 0 bridgehead atoms. The zero-order valence-electron chi connectivity index (χ0n) is 16.5. The number of rotatable bonds is 7. The van der Waals surface area contributed by atoms with Crippen molar-refractivity contribution in [3.8, 4) is 23.0 Å². The second-order valence-corrected chi connectivity index (χ2v) is 5.99. The molecule has 150 valence electrons. The van der Waals surface area contributed by atoms with Crippen molar-refractivity contribution in [2.45, 2.75) is 20.0 Å². The van der Waals surface area contributed by atoms with Gasteiger partial charge >= 0.3 is 11.8 Å². The molecule has 0 fully saturated rings. The summed E-state index contributed by atoms with van der Waals surface area (Å²) in [5.41, 5.74) is 0.725. The molecule has 0 saturated heterocycles. The van der Waals surface area contributed by atoms with Gasteiger partial charge < -0.3 is 29.6 Å². The molecule has 0 aromatic heterocycles. The van der Waals surface area contributed by atoms with Gasteiger partial charge in [-0.3, -0.25) is 9.59 Å². The molecule has 2 amide bonds. The molecule has 2 aromatic rings. The minimum absolute atomic E-state index is 0.0777. The molecule has 0 saturated carbocycles. The summed E-state index contributed by atoms with van der Waals surface area (Å²) in [6.45, 7) is 3.74. The topological polar surface area (TPSA) is 95.1 Å². The standard InChI is InChI=1S/C20H24N2O6/c1-12(2)28-15-9-7-6-8-14(15)22-20(24)19(23)21-13-10-16(25-3)18(27-5)17(11-13)26-4/h6-12H,1-5H3,(H,21,23)(H,22,24). The maximum absolute atomic E-state index is 12.3. The van der Waals surface area contributed by atoms with Crippen molar-refractivity contribution >= 4 is 23.2 Å². The molecule has 0 atom stereocenters. The quantitative estimate of drug-likeness (QED) is 0.708. The van der Waals surface area contributed by atoms with E-state index in [-0.39, 0.29) is 6.10 Å². The normalized spacial score (nSPS) is 10.2. The molecule has 0 radical (unpaired) electrons. The number of carbonyl (C=O) groups excluding carboxylic acids is 2. The van der Waals surface area contributed by atoms with E-state index in [1.54, 1.807) is 24.3 Å². The molecule has 28 heavy (non-hydrogen) atoms. The lowest BCUT2D eigenvalue weighted by Crippen LogP contribution is -2.29. The highest BCUT2D eigenvalue weighted by Crippen LogP contribution is 2.39. The van der Waals surface area contributed by atoms with Gasteiger partial charge in [-0.25, -0.2) is 0 Å². The Kier molecular flexibility index (Phi) is 7.08. The lowest BCUT2D eigenvalue weighted by Gasteiger charge is -2.16. The van der Waals surface area contributed by atoms with Crippen LogP contribution in [0.1, 0.15) is 13.8 Å². The van der Waals surface area contributed by atoms with Gasteiger partial charge in [-0.2, -0.15) is 0 Å². The molecule has 0 aliphatic heterocycles. The first-order chi connectivity index (χ1) is 13.4. The SMILES string of the molecule is COc1cc(NC(=O)C(=O)Nc2ccccc2OC(C)C)cc(OC)c1OC. The van der Waals surface area contributed by atoms with Gasteiger partial charge in [-0.05, 0) is 26.0 Å². The number of carbonyl (C=O) groups is 2. The Balaban J connectivity index is 2.16. The third-order valence-corrected chi connectivity index (χ3v) is 3.63. The number of hydrogen-bond donors (Lipinski definition) is 2. The smallest absolute Gasteiger partial charge is 0.314 e. The molecule has 0 unspecified atom stereocenters. The summed E-state index contributed by atoms with van der Waals surface area (Å²) in [5.74, 6) is -0.123. The molecular formula is C20H24N2O6. The van der Waals surface area contributed by atoms with Crippen LogP contribution < -0.4 is 29.6 Å². The lowest BCUT2D eigenvalue weighted by molar-refractivity contribution is -0.133. The Morgan fingerprint density at radius 3 is 1.93 bits per heavy atom. The molecule has 2 N–H and O–H groups in total. The number of para-hydroxylation sites is 2. The Labute approximate surface area is 163 Å². The highest BCUT2D eigenvalue weighted by Gasteiger charge is 2.19. The van der Waals surface area contributed by atoms with Gasteiger partial charge in [0.15, 0.2) is 11.5 Å². The third kappa shape index (κ3) is 5.06. The molecule has 8 nitrogen and oxygen atoms in total. The van der Waals surface area contributed by atoms with Gasteiger partial charge in [0.2, 0.25) is 5.75 Å². The molecule has 2 aromatic carbocycles. The minimum atomic E-state index is -0.853. The zero-order chi connectivity index (χ0) is 20.7. The van der Waals surface area contributed by atoms with Gasteiger partial charge in [0.05, 0.1) is 33.1 Å². The van der Waals surface area contributed by atoms with Crippen LogP contribution in [0.2, 0.25) is 0 Å². The van der Waals surface area contributed by atoms with Crippen molar-refractivity contribution in [2.75, 3.05) is 32.0 Å². The number of benzene rings is 2. The Bertz CT molecular complexity index is 825. The van der Waals surface area contributed by atoms with Crippen LogP contribution in [-0.2, 0) is 9.59 Å². The highest BCUT2D eigenvalue weighted by molar-refractivity contribution is 6.43. The Morgan fingerprint density at radius 2 is 1.39 bits per heavy atom. The van der Waals surface area contributed by atoms with Crippen LogP contribution >= 0.6 is 0 Å². The first-order valence-electron chi connectivity index (χ1n) is 8.57. The average Bonchev–Trinajstić information content (AvgIpc) is 2.68. The van der Waals surface area contributed by atoms with E-state index in [2.05, 4.69) is 10.6 Å². The number of hydrogen-bond acceptors (Lipinski definition) is 6. The van der Waals surface area contributed by atoms with Crippen LogP contribution in [0.3, 0.4) is 0 Å². The predicted octanol–water partition coefficient (Wildman–Crippen LogP) is 3.08. The first-order valence-corrected chi connectivity index (χ1v) is 8.57. The van der Waals surface area contributed by atoms with Crippen LogP contribution in [-0.4, -0.2) is 39.2 Å². The van der Waals surface area contributed by atoms with Gasteiger partial charge in [-0.15, -0.1) is 0 Å². The van der Waals surface area contributed by atoms with Gasteiger partial charge in [-0.1, -0.05) is 12.1 Å². The van der Waals surface area contributed by atoms with E-state index in [1.807, 2.05) is 13.8 Å². The van der Waals surface area contributed by atoms with E-state index in [1.165, 1.54) is 33.5 Å². The first kappa shape index (κ1) is 20.9. The number of nitrogens with one attached hydrogen (secondary N) is 2. The fraction of sp³-hybridized carbons (Fsp3) is 0.300. The van der Waals surface area contributed by atoms with E-state index < -0.39 is 11.8 Å². The molecule has 0 heterocycles. The lowest BCUT2D eigenvalue weighted by atomic mass is 10.2. The van der Waals surface area contributed by atoms with Crippen LogP contribution in [0.15, 0.2) is 36.4 Å². The summed E-state index contributed by atoms with van der Waals surface area (Å²) >= 11 is 0. The molecule has 2 rings (SSSR count). The van der Waals surface area contributed by atoms with Crippen molar-refractivity contribution in [2.24, 2.45) is 0 Å². The van der Waals surface area contributed by atoms with Crippen LogP contribution in [0, 0.1) is 0 Å². The highest BCUT2D eigenvalue weighted by atomic mass is 16.5. The second-order valence-electron chi connectivity index (χ2n) is 5.99. The molecular weight excluding hydrogens is 364 g/mol. The fourth-order valence-corrected chi connectivity index (χ4v) is 2.45. The molecule has 0 spiro atoms. The van der Waals surface area contributed by atoms with Crippen LogP contribution in [0.5, 0.6) is 23.0 Å². The van der Waals surface area contributed by atoms with Gasteiger partial charge in [0.25, 0.3) is 0 Å². The zero-order valence-corrected chi connectivity index (χ0v) is 16.5. The summed E-state index contributed by atoms with van der Waals surface area (Å²) in [5, 5.41) is 5.07. The number of methoxy groups -OCH3 is 3. The van der Waals surface area contributed by atoms with Crippen LogP contribution in [0.4, 0.5) is 11.4 Å². The Hall–Kier alpha value is -3.42. The summed E-state index contributed by atoms with van der Waals surface area (Å²) < 4.78 is 21.3. The fourth-order valence-electron chi connectivity index (χ4n) is 2.45. The monoisotopic (exact) mass is 388 g/mol. The van der Waals surface area contributed by atoms with E-state index in [0.717, 1.165) is 0 Å². The summed E-state index contributed by atoms with van der Waals surface area (Å²) in [6, 6.07) is 9.95. The maximum Gasteiger partial charge on any atom is 0.314 e. The third-order valence-electron chi connectivity index (χ3n) is 3.63. The summed E-state index contributed by atoms with van der Waals surface area (Å²) in [7, 11) is 4.39. The molecule has 0 aliphatic rings. The van der Waals surface area contributed by atoms with Crippen molar-refractivity contribution < 1.29 is 28.5 Å². The summed E-state index contributed by atoms with van der Waals surface area (Å²) in [4.78, 5) is 24.6. The largest absolute Gasteiger partial charge is 0.493 e. The minimum Gasteiger partial charge on any atom is -0.493 e. The van der Waals surface area contributed by atoms with E-state index >= 15 is 0 Å². The van der Waals surface area contributed by atoms with Crippen molar-refractivity contribution in [1.82, 2.24) is 0 Å². The second kappa shape index (κ2) is 9.50. The predicted molar refractivity (Wildman–Crippen MR) is 106 cm³/mol. The van der Waals surface area contributed by atoms with Gasteiger partial charge in [0.1, 0.15) is 5.75 Å². The van der Waals surface area contributed by atoms with E-state index in [9.17, 15) is 9.59 Å². The van der Waals surface area contributed by atoms with Crippen LogP contribution in [0.25, 0.3) is 0 Å². The number of amides is 2. The maximum atomic E-state index is 12.3. The molecule has 0 aliphatic carbocycles. The average molecular weight is 388 g/mol. The van der Waals surface area contributed by atoms with E-state index in [0.29, 0.717) is 34.4 Å². The summed E-state index contributed by atoms with van der Waals surface area (Å²) in [6.07, 6.45) is -0.0777. The number of anilines is 2.